The fraction of sp³-hybridized carbons (Fsp3) is 0.533. The Morgan fingerprint density at radius 2 is 2.14 bits per heavy atom. The quantitative estimate of drug-likeness (QED) is 0.623. The van der Waals surface area contributed by atoms with Crippen molar-refractivity contribution in [2.24, 2.45) is 5.92 Å². The van der Waals surface area contributed by atoms with Crippen LogP contribution in [0.5, 0.6) is 0 Å². The SMILES string of the molecule is CCCNc1c(C(=O)NC2CC(C)C2)cccc1[N+](=O)[O-]. The van der Waals surface area contributed by atoms with Crippen LogP contribution in [0.3, 0.4) is 0 Å². The van der Waals surface area contributed by atoms with E-state index in [1.165, 1.54) is 6.07 Å². The highest BCUT2D eigenvalue weighted by Gasteiger charge is 2.28. The third-order valence-electron chi connectivity index (χ3n) is 3.74. The Kier molecular flexibility index (Phi) is 4.77. The molecular formula is C15H21N3O3. The van der Waals surface area contributed by atoms with Gasteiger partial charge in [-0.05, 0) is 31.2 Å². The molecule has 1 amide bonds. The van der Waals surface area contributed by atoms with Crippen molar-refractivity contribution in [3.8, 4) is 0 Å². The number of nitro groups is 1. The van der Waals surface area contributed by atoms with E-state index in [1.807, 2.05) is 6.92 Å². The molecule has 0 radical (unpaired) electrons. The van der Waals surface area contributed by atoms with Crippen molar-refractivity contribution in [1.29, 1.82) is 0 Å². The molecule has 0 spiro atoms. The van der Waals surface area contributed by atoms with Crippen molar-refractivity contribution in [3.63, 3.8) is 0 Å². The maximum atomic E-state index is 12.3. The molecule has 0 heterocycles. The Morgan fingerprint density at radius 3 is 2.71 bits per heavy atom. The Bertz CT molecular complexity index is 539. The molecule has 2 rings (SSSR count). The van der Waals surface area contributed by atoms with Gasteiger partial charge in [0, 0.05) is 18.7 Å². The first-order valence-corrected chi connectivity index (χ1v) is 7.35. The summed E-state index contributed by atoms with van der Waals surface area (Å²) in [5.74, 6) is 0.396. The smallest absolute Gasteiger partial charge is 0.293 e. The Labute approximate surface area is 124 Å². The zero-order valence-corrected chi connectivity index (χ0v) is 12.4. The van der Waals surface area contributed by atoms with E-state index in [1.54, 1.807) is 12.1 Å². The van der Waals surface area contributed by atoms with Gasteiger partial charge in [-0.15, -0.1) is 0 Å². The highest BCUT2D eigenvalue weighted by atomic mass is 16.6. The fourth-order valence-corrected chi connectivity index (χ4v) is 2.60. The molecule has 1 fully saturated rings. The van der Waals surface area contributed by atoms with Crippen LogP contribution in [0.2, 0.25) is 0 Å². The van der Waals surface area contributed by atoms with Crippen LogP contribution in [0, 0.1) is 16.0 Å². The summed E-state index contributed by atoms with van der Waals surface area (Å²) in [6, 6.07) is 4.78. The van der Waals surface area contributed by atoms with E-state index in [2.05, 4.69) is 17.6 Å². The number of nitrogens with zero attached hydrogens (tertiary/aromatic N) is 1. The number of benzene rings is 1. The molecule has 1 aromatic carbocycles. The van der Waals surface area contributed by atoms with Crippen molar-refractivity contribution in [2.75, 3.05) is 11.9 Å². The molecule has 6 nitrogen and oxygen atoms in total. The van der Waals surface area contributed by atoms with E-state index in [-0.39, 0.29) is 17.6 Å². The zero-order chi connectivity index (χ0) is 15.4. The minimum atomic E-state index is -0.458. The lowest BCUT2D eigenvalue weighted by atomic mass is 9.82. The van der Waals surface area contributed by atoms with Crippen molar-refractivity contribution in [1.82, 2.24) is 5.32 Å². The van der Waals surface area contributed by atoms with Gasteiger partial charge in [-0.1, -0.05) is 19.9 Å². The average Bonchev–Trinajstić information content (AvgIpc) is 2.42. The summed E-state index contributed by atoms with van der Waals surface area (Å²) in [5.41, 5.74) is 0.601. The topological polar surface area (TPSA) is 84.3 Å². The largest absolute Gasteiger partial charge is 0.379 e. The lowest BCUT2D eigenvalue weighted by molar-refractivity contribution is -0.384. The maximum absolute atomic E-state index is 12.3. The van der Waals surface area contributed by atoms with Crippen LogP contribution in [0.1, 0.15) is 43.5 Å². The van der Waals surface area contributed by atoms with Crippen molar-refractivity contribution >= 4 is 17.3 Å². The van der Waals surface area contributed by atoms with Gasteiger partial charge in [-0.25, -0.2) is 0 Å². The van der Waals surface area contributed by atoms with Gasteiger partial charge in [-0.3, -0.25) is 14.9 Å². The maximum Gasteiger partial charge on any atom is 0.293 e. The molecule has 1 aliphatic rings. The molecular weight excluding hydrogens is 270 g/mol. The average molecular weight is 291 g/mol. The third kappa shape index (κ3) is 3.51. The molecule has 0 saturated heterocycles. The number of anilines is 1. The van der Waals surface area contributed by atoms with Gasteiger partial charge in [0.05, 0.1) is 10.5 Å². The summed E-state index contributed by atoms with van der Waals surface area (Å²) in [7, 11) is 0. The van der Waals surface area contributed by atoms with Crippen molar-refractivity contribution in [3.05, 3.63) is 33.9 Å². The van der Waals surface area contributed by atoms with E-state index >= 15 is 0 Å². The van der Waals surface area contributed by atoms with Gasteiger partial charge in [0.1, 0.15) is 5.69 Å². The predicted molar refractivity (Wildman–Crippen MR) is 81.5 cm³/mol. The summed E-state index contributed by atoms with van der Waals surface area (Å²) >= 11 is 0. The second-order valence-corrected chi connectivity index (χ2v) is 5.63. The van der Waals surface area contributed by atoms with Gasteiger partial charge in [0.2, 0.25) is 0 Å². The summed E-state index contributed by atoms with van der Waals surface area (Å²) in [6.07, 6.45) is 2.77. The van der Waals surface area contributed by atoms with Crippen LogP contribution in [-0.2, 0) is 0 Å². The number of rotatable bonds is 6. The van der Waals surface area contributed by atoms with Crippen LogP contribution in [0.15, 0.2) is 18.2 Å². The second kappa shape index (κ2) is 6.56. The molecule has 0 aliphatic heterocycles. The molecule has 0 unspecified atom stereocenters. The number of hydrogen-bond acceptors (Lipinski definition) is 4. The zero-order valence-electron chi connectivity index (χ0n) is 12.4. The minimum absolute atomic E-state index is 0.0573. The van der Waals surface area contributed by atoms with Crippen LogP contribution < -0.4 is 10.6 Å². The van der Waals surface area contributed by atoms with Gasteiger partial charge in [0.15, 0.2) is 0 Å². The van der Waals surface area contributed by atoms with Gasteiger partial charge < -0.3 is 10.6 Å². The molecule has 6 heteroatoms. The van der Waals surface area contributed by atoms with Gasteiger partial charge in [-0.2, -0.15) is 0 Å². The predicted octanol–water partition coefficient (Wildman–Crippen LogP) is 2.95. The molecule has 2 N–H and O–H groups in total. The Balaban J connectivity index is 2.21. The summed E-state index contributed by atoms with van der Waals surface area (Å²) < 4.78 is 0. The molecule has 0 aromatic heterocycles. The van der Waals surface area contributed by atoms with Crippen molar-refractivity contribution < 1.29 is 9.72 Å². The van der Waals surface area contributed by atoms with Crippen LogP contribution in [-0.4, -0.2) is 23.4 Å². The van der Waals surface area contributed by atoms with Crippen LogP contribution in [0.25, 0.3) is 0 Å². The van der Waals surface area contributed by atoms with Crippen LogP contribution in [0.4, 0.5) is 11.4 Å². The second-order valence-electron chi connectivity index (χ2n) is 5.63. The first-order valence-electron chi connectivity index (χ1n) is 7.35. The van der Waals surface area contributed by atoms with E-state index in [0.717, 1.165) is 19.3 Å². The monoisotopic (exact) mass is 291 g/mol. The normalized spacial score (nSPS) is 20.5. The number of carbonyl (C=O) groups is 1. The molecule has 1 saturated carbocycles. The third-order valence-corrected chi connectivity index (χ3v) is 3.74. The van der Waals surface area contributed by atoms with Crippen LogP contribution >= 0.6 is 0 Å². The highest BCUT2D eigenvalue weighted by molar-refractivity contribution is 6.01. The number of amides is 1. The van der Waals surface area contributed by atoms with Gasteiger partial charge >= 0.3 is 0 Å². The highest BCUT2D eigenvalue weighted by Crippen LogP contribution is 2.30. The first-order chi connectivity index (χ1) is 10.0. The first kappa shape index (κ1) is 15.3. The van der Waals surface area contributed by atoms with E-state index in [9.17, 15) is 14.9 Å². The van der Waals surface area contributed by atoms with E-state index < -0.39 is 4.92 Å². The standard InChI is InChI=1S/C15H21N3O3/c1-3-7-16-14-12(5-4-6-13(14)18(20)21)15(19)17-11-8-10(2)9-11/h4-6,10-11,16H,3,7-9H2,1-2H3,(H,17,19). The molecule has 1 aromatic rings. The number of carbonyl (C=O) groups excluding carboxylic acids is 1. The van der Waals surface area contributed by atoms with Crippen molar-refractivity contribution in [2.45, 2.75) is 39.2 Å². The number of para-hydroxylation sites is 1. The molecule has 0 bridgehead atoms. The lowest BCUT2D eigenvalue weighted by Crippen LogP contribution is -2.43. The number of nitrogens with one attached hydrogen (secondary N) is 2. The minimum Gasteiger partial charge on any atom is -0.379 e. The number of nitro benzene ring substituents is 1. The lowest BCUT2D eigenvalue weighted by Gasteiger charge is -2.33. The van der Waals surface area contributed by atoms with Gasteiger partial charge in [0.25, 0.3) is 11.6 Å². The molecule has 1 aliphatic carbocycles. The van der Waals surface area contributed by atoms with E-state index in [0.29, 0.717) is 23.7 Å². The number of hydrogen-bond donors (Lipinski definition) is 2. The molecule has 114 valence electrons. The van der Waals surface area contributed by atoms with E-state index in [4.69, 9.17) is 0 Å². The summed E-state index contributed by atoms with van der Waals surface area (Å²) in [4.78, 5) is 23.0. The summed E-state index contributed by atoms with van der Waals surface area (Å²) in [5, 5.41) is 17.1. The Morgan fingerprint density at radius 1 is 1.43 bits per heavy atom. The molecule has 21 heavy (non-hydrogen) atoms. The fourth-order valence-electron chi connectivity index (χ4n) is 2.60. The summed E-state index contributed by atoms with van der Waals surface area (Å²) in [6.45, 7) is 4.70. The Hall–Kier alpha value is -2.11. The molecule has 0 atom stereocenters.